The van der Waals surface area contributed by atoms with Crippen molar-refractivity contribution in [2.45, 2.75) is 25.4 Å². The van der Waals surface area contributed by atoms with Crippen LogP contribution in [0, 0.1) is 4.77 Å². The van der Waals surface area contributed by atoms with E-state index < -0.39 is 18.0 Å². The van der Waals surface area contributed by atoms with Crippen molar-refractivity contribution in [1.82, 2.24) is 9.97 Å². The van der Waals surface area contributed by atoms with E-state index in [1.165, 1.54) is 0 Å². The van der Waals surface area contributed by atoms with E-state index in [0.29, 0.717) is 22.2 Å². The van der Waals surface area contributed by atoms with E-state index >= 15 is 0 Å². The molecule has 0 fully saturated rings. The number of likely N-dealkylation sites (N-methyl/N-ethyl adjacent to an activating group) is 1. The molecule has 21 heavy (non-hydrogen) atoms. The maximum Gasteiger partial charge on any atom is 0.307 e. The van der Waals surface area contributed by atoms with Gasteiger partial charge in [-0.1, -0.05) is 0 Å². The van der Waals surface area contributed by atoms with Gasteiger partial charge in [0.05, 0.1) is 34.0 Å². The normalized spacial score (nSPS) is 12.9. The number of aromatic amines is 2. The number of carbonyl (C=O) groups excluding carboxylic acids is 1. The molecular formula is C13H22N3O4S+. The van der Waals surface area contributed by atoms with Crippen LogP contribution in [-0.4, -0.2) is 65.3 Å². The minimum atomic E-state index is -0.976. The summed E-state index contributed by atoms with van der Waals surface area (Å²) in [5.41, 5.74) is 0.818. The number of rotatable bonds is 8. The molecular weight excluding hydrogens is 294 g/mol. The number of aryl methyl sites for hydroxylation is 1. The number of hydrogen-bond donors (Lipinski definition) is 3. The summed E-state index contributed by atoms with van der Waals surface area (Å²) < 4.78 is 6.31. The first kappa shape index (κ1) is 17.4. The molecule has 0 saturated heterocycles. The standard InChI is InChI=1S/C13H21N3O4S/c1-16(2,3)8-10(6-11(17)18)20-12(19)5-4-9-7-14-13(21)15-9/h7,10H,4-6,8H2,1-3H3,(H2-,14,15,17,18,21)/p+1. The third-order valence-corrected chi connectivity index (χ3v) is 2.92. The van der Waals surface area contributed by atoms with Crippen molar-refractivity contribution in [3.63, 3.8) is 0 Å². The maximum atomic E-state index is 11.8. The Balaban J connectivity index is 2.50. The van der Waals surface area contributed by atoms with Crippen molar-refractivity contribution >= 4 is 24.2 Å². The minimum absolute atomic E-state index is 0.177. The quantitative estimate of drug-likeness (QED) is 0.379. The van der Waals surface area contributed by atoms with E-state index in [1.807, 2.05) is 21.1 Å². The van der Waals surface area contributed by atoms with Crippen LogP contribution in [0.2, 0.25) is 0 Å². The number of quaternary nitrogens is 1. The average Bonchev–Trinajstić information content (AvgIpc) is 2.69. The lowest BCUT2D eigenvalue weighted by Gasteiger charge is -2.28. The molecule has 0 bridgehead atoms. The maximum absolute atomic E-state index is 11.8. The molecule has 1 rings (SSSR count). The fraction of sp³-hybridized carbons (Fsp3) is 0.615. The topological polar surface area (TPSA) is 95.2 Å². The molecule has 0 aliphatic carbocycles. The van der Waals surface area contributed by atoms with Gasteiger partial charge >= 0.3 is 11.9 Å². The number of ether oxygens (including phenoxy) is 1. The first-order valence-electron chi connectivity index (χ1n) is 6.64. The van der Waals surface area contributed by atoms with Gasteiger partial charge in [0, 0.05) is 11.9 Å². The molecule has 3 N–H and O–H groups in total. The summed E-state index contributed by atoms with van der Waals surface area (Å²) >= 11 is 4.90. The highest BCUT2D eigenvalue weighted by molar-refractivity contribution is 7.71. The molecule has 0 spiro atoms. The van der Waals surface area contributed by atoms with Gasteiger partial charge in [0.2, 0.25) is 0 Å². The summed E-state index contributed by atoms with van der Waals surface area (Å²) in [6.45, 7) is 0.449. The Labute approximate surface area is 128 Å². The summed E-state index contributed by atoms with van der Waals surface area (Å²) in [6, 6.07) is 0. The Morgan fingerprint density at radius 1 is 1.43 bits per heavy atom. The molecule has 118 valence electrons. The van der Waals surface area contributed by atoms with Gasteiger partial charge in [0.1, 0.15) is 6.54 Å². The molecule has 0 saturated carbocycles. The molecule has 0 amide bonds. The van der Waals surface area contributed by atoms with Gasteiger partial charge in [0.25, 0.3) is 0 Å². The Kier molecular flexibility index (Phi) is 6.10. The molecule has 7 nitrogen and oxygen atoms in total. The van der Waals surface area contributed by atoms with Gasteiger partial charge in [-0.2, -0.15) is 0 Å². The zero-order chi connectivity index (χ0) is 16.0. The number of nitrogens with one attached hydrogen (secondary N) is 2. The number of nitrogens with zero attached hydrogens (tertiary/aromatic N) is 1. The predicted octanol–water partition coefficient (Wildman–Crippen LogP) is 1.10. The number of aliphatic carboxylic acids is 1. The lowest BCUT2D eigenvalue weighted by Crippen LogP contribution is -2.43. The van der Waals surface area contributed by atoms with Crippen molar-refractivity contribution in [2.24, 2.45) is 0 Å². The Hall–Kier alpha value is -1.67. The average molecular weight is 316 g/mol. The van der Waals surface area contributed by atoms with Crippen molar-refractivity contribution < 1.29 is 23.9 Å². The number of hydrogen-bond acceptors (Lipinski definition) is 4. The van der Waals surface area contributed by atoms with Crippen LogP contribution < -0.4 is 0 Å². The van der Waals surface area contributed by atoms with Crippen LogP contribution in [0.15, 0.2) is 6.20 Å². The lowest BCUT2D eigenvalue weighted by molar-refractivity contribution is -0.873. The van der Waals surface area contributed by atoms with Crippen LogP contribution in [0.25, 0.3) is 0 Å². The van der Waals surface area contributed by atoms with Crippen LogP contribution in [0.3, 0.4) is 0 Å². The fourth-order valence-corrected chi connectivity index (χ4v) is 2.13. The predicted molar refractivity (Wildman–Crippen MR) is 79.3 cm³/mol. The highest BCUT2D eigenvalue weighted by Crippen LogP contribution is 2.08. The molecule has 0 aromatic carbocycles. The highest BCUT2D eigenvalue weighted by Gasteiger charge is 2.24. The molecule has 8 heteroatoms. The summed E-state index contributed by atoms with van der Waals surface area (Å²) in [5, 5.41) is 8.89. The summed E-state index contributed by atoms with van der Waals surface area (Å²) in [7, 11) is 5.76. The van der Waals surface area contributed by atoms with E-state index in [2.05, 4.69) is 9.97 Å². The third kappa shape index (κ3) is 7.62. The summed E-state index contributed by atoms with van der Waals surface area (Å²) in [5.74, 6) is -1.38. The van der Waals surface area contributed by atoms with E-state index in [4.69, 9.17) is 22.1 Å². The first-order valence-corrected chi connectivity index (χ1v) is 7.05. The van der Waals surface area contributed by atoms with Gasteiger partial charge in [0.15, 0.2) is 10.9 Å². The molecule has 1 aromatic rings. The molecule has 1 atom stereocenters. The third-order valence-electron chi connectivity index (χ3n) is 2.70. The number of carboxylic acid groups (broad SMARTS) is 1. The monoisotopic (exact) mass is 316 g/mol. The Bertz CT molecular complexity index is 544. The molecule has 1 aromatic heterocycles. The van der Waals surface area contributed by atoms with Crippen molar-refractivity contribution in [2.75, 3.05) is 27.7 Å². The van der Waals surface area contributed by atoms with Crippen LogP contribution in [0.1, 0.15) is 18.5 Å². The minimum Gasteiger partial charge on any atom is -0.481 e. The number of imidazole rings is 1. The summed E-state index contributed by atoms with van der Waals surface area (Å²) in [4.78, 5) is 28.4. The zero-order valence-electron chi connectivity index (χ0n) is 12.5. The van der Waals surface area contributed by atoms with Crippen molar-refractivity contribution in [3.8, 4) is 0 Å². The van der Waals surface area contributed by atoms with Crippen LogP contribution in [0.4, 0.5) is 0 Å². The van der Waals surface area contributed by atoms with E-state index in [-0.39, 0.29) is 12.8 Å². The Morgan fingerprint density at radius 3 is 2.57 bits per heavy atom. The SMILES string of the molecule is C[N+](C)(C)CC(CC(=O)O)OC(=O)CCc1c[nH]c(=S)[nH]1. The molecule has 0 radical (unpaired) electrons. The number of aromatic nitrogens is 2. The number of carbonyl (C=O) groups is 2. The van der Waals surface area contributed by atoms with Gasteiger partial charge in [-0.25, -0.2) is 0 Å². The second-order valence-electron chi connectivity index (χ2n) is 5.95. The Morgan fingerprint density at radius 2 is 2.10 bits per heavy atom. The van der Waals surface area contributed by atoms with Gasteiger partial charge < -0.3 is 24.3 Å². The number of esters is 1. The number of carboxylic acids is 1. The molecule has 0 aliphatic rings. The van der Waals surface area contributed by atoms with E-state index in [0.717, 1.165) is 5.69 Å². The first-order chi connectivity index (χ1) is 9.65. The molecule has 1 unspecified atom stereocenters. The van der Waals surface area contributed by atoms with Crippen molar-refractivity contribution in [1.29, 1.82) is 0 Å². The second kappa shape index (κ2) is 7.37. The van der Waals surface area contributed by atoms with Crippen LogP contribution in [0.5, 0.6) is 0 Å². The summed E-state index contributed by atoms with van der Waals surface area (Å²) in [6.07, 6.45) is 1.54. The largest absolute Gasteiger partial charge is 0.481 e. The van der Waals surface area contributed by atoms with E-state index in [9.17, 15) is 9.59 Å². The van der Waals surface area contributed by atoms with Crippen LogP contribution in [-0.2, 0) is 20.7 Å². The van der Waals surface area contributed by atoms with Gasteiger partial charge in [-0.05, 0) is 18.6 Å². The second-order valence-corrected chi connectivity index (χ2v) is 6.36. The molecule has 0 aliphatic heterocycles. The fourth-order valence-electron chi connectivity index (χ4n) is 1.94. The van der Waals surface area contributed by atoms with Crippen LogP contribution >= 0.6 is 12.2 Å². The van der Waals surface area contributed by atoms with E-state index in [1.54, 1.807) is 6.20 Å². The lowest BCUT2D eigenvalue weighted by atomic mass is 10.2. The highest BCUT2D eigenvalue weighted by atomic mass is 32.1. The van der Waals surface area contributed by atoms with Gasteiger partial charge in [-0.3, -0.25) is 9.59 Å². The smallest absolute Gasteiger partial charge is 0.307 e. The molecule has 1 heterocycles. The zero-order valence-corrected chi connectivity index (χ0v) is 13.3. The van der Waals surface area contributed by atoms with Gasteiger partial charge in [-0.15, -0.1) is 0 Å². The number of H-pyrrole nitrogens is 2. The van der Waals surface area contributed by atoms with Crippen molar-refractivity contribution in [3.05, 3.63) is 16.7 Å².